The number of rotatable bonds is 2. The van der Waals surface area contributed by atoms with Gasteiger partial charge in [-0.05, 0) is 30.3 Å². The minimum absolute atomic E-state index is 0.201. The third-order valence-corrected chi connectivity index (χ3v) is 3.51. The summed E-state index contributed by atoms with van der Waals surface area (Å²) in [6.45, 7) is 0. The molecule has 0 amide bonds. The molecule has 0 radical (unpaired) electrons. The number of para-hydroxylation sites is 2. The van der Waals surface area contributed by atoms with E-state index in [1.54, 1.807) is 18.2 Å². The average Bonchev–Trinajstić information content (AvgIpc) is 2.85. The van der Waals surface area contributed by atoms with Crippen LogP contribution < -0.4 is 0 Å². The highest BCUT2D eigenvalue weighted by Crippen LogP contribution is 2.25. The molecule has 0 fully saturated rings. The molecule has 0 N–H and O–H groups in total. The van der Waals surface area contributed by atoms with Gasteiger partial charge in [0.15, 0.2) is 0 Å². The van der Waals surface area contributed by atoms with Crippen LogP contribution in [0.25, 0.3) is 16.7 Å². The molecule has 0 bridgehead atoms. The summed E-state index contributed by atoms with van der Waals surface area (Å²) >= 11 is 6.11. The molecular weight excluding hydrogens is 284 g/mol. The molecule has 0 atom stereocenters. The summed E-state index contributed by atoms with van der Waals surface area (Å²) in [5.41, 5.74) is 2.94. The van der Waals surface area contributed by atoms with Crippen molar-refractivity contribution >= 4 is 22.6 Å². The molecule has 5 heteroatoms. The Labute approximate surface area is 126 Å². The third kappa shape index (κ3) is 2.23. The Morgan fingerprint density at radius 3 is 2.67 bits per heavy atom. The van der Waals surface area contributed by atoms with E-state index in [4.69, 9.17) is 22.1 Å². The second-order valence-corrected chi connectivity index (χ2v) is 4.87. The summed E-state index contributed by atoms with van der Waals surface area (Å²) < 4.78 is 1.89. The van der Waals surface area contributed by atoms with Gasteiger partial charge in [-0.15, -0.1) is 0 Å². The molecule has 3 rings (SSSR count). The fourth-order valence-corrected chi connectivity index (χ4v) is 2.50. The van der Waals surface area contributed by atoms with Gasteiger partial charge in [0.1, 0.15) is 11.9 Å². The van der Waals surface area contributed by atoms with E-state index >= 15 is 0 Å². The van der Waals surface area contributed by atoms with Gasteiger partial charge >= 0.3 is 0 Å². The van der Waals surface area contributed by atoms with Crippen LogP contribution in [-0.2, 0) is 6.42 Å². The minimum atomic E-state index is 0.201. The van der Waals surface area contributed by atoms with Gasteiger partial charge in [0.05, 0.1) is 34.1 Å². The molecule has 0 unspecified atom stereocenters. The van der Waals surface area contributed by atoms with Crippen molar-refractivity contribution in [2.24, 2.45) is 0 Å². The zero-order valence-corrected chi connectivity index (χ0v) is 11.7. The first-order valence-electron chi connectivity index (χ1n) is 6.28. The summed E-state index contributed by atoms with van der Waals surface area (Å²) in [5.74, 6) is 0.652. The molecule has 100 valence electrons. The van der Waals surface area contributed by atoms with Crippen molar-refractivity contribution in [1.29, 1.82) is 10.5 Å². The summed E-state index contributed by atoms with van der Waals surface area (Å²) in [7, 11) is 0. The van der Waals surface area contributed by atoms with Crippen molar-refractivity contribution in [3.05, 3.63) is 58.9 Å². The lowest BCUT2D eigenvalue weighted by Crippen LogP contribution is -2.01. The summed E-state index contributed by atoms with van der Waals surface area (Å²) in [6, 6.07) is 17.0. The highest BCUT2D eigenvalue weighted by atomic mass is 35.5. The van der Waals surface area contributed by atoms with Gasteiger partial charge in [-0.3, -0.25) is 4.57 Å². The van der Waals surface area contributed by atoms with E-state index in [-0.39, 0.29) is 6.42 Å². The minimum Gasteiger partial charge on any atom is -0.295 e. The molecule has 0 aliphatic rings. The Bertz CT molecular complexity index is 912. The number of aromatic nitrogens is 2. The van der Waals surface area contributed by atoms with Crippen LogP contribution in [0.15, 0.2) is 42.5 Å². The van der Waals surface area contributed by atoms with Crippen LogP contribution in [0.4, 0.5) is 0 Å². The van der Waals surface area contributed by atoms with Crippen LogP contribution in [0.5, 0.6) is 0 Å². The molecule has 1 aromatic heterocycles. The molecule has 1 heterocycles. The number of fused-ring (bicyclic) bond motifs is 1. The molecule has 0 saturated heterocycles. The first-order chi connectivity index (χ1) is 10.2. The Hall–Kier alpha value is -2.82. The Morgan fingerprint density at radius 2 is 1.95 bits per heavy atom. The molecule has 21 heavy (non-hydrogen) atoms. The monoisotopic (exact) mass is 292 g/mol. The van der Waals surface area contributed by atoms with Crippen LogP contribution >= 0.6 is 11.6 Å². The Kier molecular flexibility index (Phi) is 3.31. The average molecular weight is 293 g/mol. The van der Waals surface area contributed by atoms with Crippen molar-refractivity contribution in [1.82, 2.24) is 9.55 Å². The molecule has 0 spiro atoms. The Morgan fingerprint density at radius 1 is 1.14 bits per heavy atom. The number of nitrogens with zero attached hydrogens (tertiary/aromatic N) is 4. The lowest BCUT2D eigenvalue weighted by atomic mass is 10.2. The van der Waals surface area contributed by atoms with Crippen LogP contribution in [0, 0.1) is 22.7 Å². The van der Waals surface area contributed by atoms with Gasteiger partial charge in [-0.25, -0.2) is 4.98 Å². The maximum Gasteiger partial charge on any atom is 0.128 e. The first-order valence-corrected chi connectivity index (χ1v) is 6.65. The third-order valence-electron chi connectivity index (χ3n) is 3.20. The summed E-state index contributed by atoms with van der Waals surface area (Å²) in [4.78, 5) is 4.48. The lowest BCUT2D eigenvalue weighted by molar-refractivity contribution is 0.954. The number of hydrogen-bond acceptors (Lipinski definition) is 3. The highest BCUT2D eigenvalue weighted by molar-refractivity contribution is 6.31. The maximum atomic E-state index is 8.98. The number of nitriles is 2. The van der Waals surface area contributed by atoms with Crippen molar-refractivity contribution in [3.63, 3.8) is 0 Å². The van der Waals surface area contributed by atoms with Crippen molar-refractivity contribution in [2.75, 3.05) is 0 Å². The molecule has 3 aromatic rings. The zero-order chi connectivity index (χ0) is 14.8. The quantitative estimate of drug-likeness (QED) is 0.724. The molecule has 4 nitrogen and oxygen atoms in total. The molecular formula is C16H9ClN4. The standard InChI is InChI=1S/C16H9ClN4/c17-13-9-12(6-5-11(13)10-19)21-15-4-2-1-3-14(15)20-16(21)7-8-18/h1-6,9H,7H2. The number of imidazole rings is 1. The fourth-order valence-electron chi connectivity index (χ4n) is 2.29. The predicted octanol–water partition coefficient (Wildman–Crippen LogP) is 3.62. The molecule has 0 saturated carbocycles. The summed E-state index contributed by atoms with van der Waals surface area (Å²) in [6.07, 6.45) is 0.201. The van der Waals surface area contributed by atoms with Gasteiger partial charge in [0.2, 0.25) is 0 Å². The van der Waals surface area contributed by atoms with E-state index < -0.39 is 0 Å². The lowest BCUT2D eigenvalue weighted by Gasteiger charge is -2.08. The predicted molar refractivity (Wildman–Crippen MR) is 80.1 cm³/mol. The second kappa shape index (κ2) is 5.28. The van der Waals surface area contributed by atoms with Gasteiger partial charge < -0.3 is 0 Å². The highest BCUT2D eigenvalue weighted by Gasteiger charge is 2.13. The van der Waals surface area contributed by atoms with Gasteiger partial charge in [0, 0.05) is 5.69 Å². The van der Waals surface area contributed by atoms with E-state index in [1.165, 1.54) is 0 Å². The molecule has 0 aliphatic carbocycles. The fraction of sp³-hybridized carbons (Fsp3) is 0.0625. The second-order valence-electron chi connectivity index (χ2n) is 4.46. The summed E-state index contributed by atoms with van der Waals surface area (Å²) in [5, 5.41) is 18.3. The van der Waals surface area contributed by atoms with Crippen LogP contribution in [0.3, 0.4) is 0 Å². The van der Waals surface area contributed by atoms with E-state index in [0.717, 1.165) is 16.7 Å². The van der Waals surface area contributed by atoms with Crippen molar-refractivity contribution in [2.45, 2.75) is 6.42 Å². The van der Waals surface area contributed by atoms with Crippen LogP contribution in [0.2, 0.25) is 5.02 Å². The van der Waals surface area contributed by atoms with Gasteiger partial charge in [-0.2, -0.15) is 10.5 Å². The normalized spacial score (nSPS) is 10.2. The van der Waals surface area contributed by atoms with E-state index in [9.17, 15) is 0 Å². The molecule has 2 aromatic carbocycles. The number of halogens is 1. The van der Waals surface area contributed by atoms with Crippen LogP contribution in [0.1, 0.15) is 11.4 Å². The van der Waals surface area contributed by atoms with Gasteiger partial charge in [-0.1, -0.05) is 23.7 Å². The largest absolute Gasteiger partial charge is 0.295 e. The SMILES string of the molecule is N#CCc1nc2ccccc2n1-c1ccc(C#N)c(Cl)c1. The van der Waals surface area contributed by atoms with Crippen LogP contribution in [-0.4, -0.2) is 9.55 Å². The van der Waals surface area contributed by atoms with Gasteiger partial charge in [0.25, 0.3) is 0 Å². The van der Waals surface area contributed by atoms with Crippen molar-refractivity contribution < 1.29 is 0 Å². The topological polar surface area (TPSA) is 65.4 Å². The number of hydrogen-bond donors (Lipinski definition) is 0. The van der Waals surface area contributed by atoms with E-state index in [1.807, 2.05) is 34.9 Å². The molecule has 0 aliphatic heterocycles. The van der Waals surface area contributed by atoms with Crippen molar-refractivity contribution in [3.8, 4) is 17.8 Å². The van der Waals surface area contributed by atoms with E-state index in [0.29, 0.717) is 16.4 Å². The zero-order valence-electron chi connectivity index (χ0n) is 10.9. The van der Waals surface area contributed by atoms with E-state index in [2.05, 4.69) is 11.1 Å². The number of benzene rings is 2. The first kappa shape index (κ1) is 13.2. The Balaban J connectivity index is 2.28. The maximum absolute atomic E-state index is 8.98. The smallest absolute Gasteiger partial charge is 0.128 e.